The molecule has 0 atom stereocenters. The molecule has 2 rings (SSSR count). The minimum absolute atomic E-state index is 0.378. The molecule has 0 saturated carbocycles. The van der Waals surface area contributed by atoms with Crippen LogP contribution in [0.25, 0.3) is 0 Å². The quantitative estimate of drug-likeness (QED) is 0.489. The van der Waals surface area contributed by atoms with Crippen molar-refractivity contribution in [1.82, 2.24) is 10.6 Å². The van der Waals surface area contributed by atoms with Crippen LogP contribution in [-0.2, 0) is 11.2 Å². The van der Waals surface area contributed by atoms with Crippen LogP contribution in [0.1, 0.15) is 39.7 Å². The van der Waals surface area contributed by atoms with Gasteiger partial charge in [-0.05, 0) is 52.2 Å². The molecule has 0 fully saturated rings. The van der Waals surface area contributed by atoms with E-state index in [1.54, 1.807) is 0 Å². The number of hydrogen-bond acceptors (Lipinski definition) is 3. The smallest absolute Gasteiger partial charge is 0.407 e. The van der Waals surface area contributed by atoms with Gasteiger partial charge < -0.3 is 20.3 Å². The van der Waals surface area contributed by atoms with Crippen LogP contribution in [0.4, 0.5) is 10.5 Å². The van der Waals surface area contributed by atoms with Gasteiger partial charge in [0.25, 0.3) is 0 Å². The molecule has 1 aromatic rings. The van der Waals surface area contributed by atoms with Crippen LogP contribution in [0, 0.1) is 0 Å². The number of nitrogens with one attached hydrogen (secondary N) is 2. The lowest BCUT2D eigenvalue weighted by Gasteiger charge is -2.22. The molecule has 0 spiro atoms. The highest BCUT2D eigenvalue weighted by Crippen LogP contribution is 2.27. The van der Waals surface area contributed by atoms with Gasteiger partial charge in [-0.15, -0.1) is 0 Å². The van der Waals surface area contributed by atoms with Crippen LogP contribution in [0.2, 0.25) is 0 Å². The molecule has 0 saturated heterocycles. The molecule has 0 aliphatic carbocycles. The summed E-state index contributed by atoms with van der Waals surface area (Å²) in [6.07, 6.45) is 1.43. The molecular weight excluding hydrogens is 316 g/mol. The number of alkyl carbamates (subject to hydrolysis) is 1. The summed E-state index contributed by atoms with van der Waals surface area (Å²) in [4.78, 5) is 18.6. The van der Waals surface area contributed by atoms with Crippen molar-refractivity contribution in [2.45, 2.75) is 46.1 Å². The zero-order valence-corrected chi connectivity index (χ0v) is 15.8. The van der Waals surface area contributed by atoms with Gasteiger partial charge in [-0.2, -0.15) is 0 Å². The molecule has 1 aliphatic rings. The highest BCUT2D eigenvalue weighted by atomic mass is 16.6. The fraction of sp³-hybridized carbons (Fsp3) is 0.579. The summed E-state index contributed by atoms with van der Waals surface area (Å²) in [6.45, 7) is 10.6. The first-order chi connectivity index (χ1) is 11.9. The van der Waals surface area contributed by atoms with Gasteiger partial charge in [0, 0.05) is 31.9 Å². The van der Waals surface area contributed by atoms with E-state index in [-0.39, 0.29) is 6.09 Å². The molecule has 0 unspecified atom stereocenters. The number of amides is 1. The van der Waals surface area contributed by atoms with E-state index in [9.17, 15) is 4.79 Å². The Labute approximate surface area is 150 Å². The number of guanidine groups is 1. The van der Waals surface area contributed by atoms with Crippen molar-refractivity contribution in [2.75, 3.05) is 31.1 Å². The van der Waals surface area contributed by atoms with Crippen molar-refractivity contribution in [3.8, 4) is 0 Å². The number of ether oxygens (including phenoxy) is 1. The molecular formula is C19H30N4O2. The number of aliphatic imine (C=N–C) groups is 1. The summed E-state index contributed by atoms with van der Waals surface area (Å²) in [6, 6.07) is 8.45. The van der Waals surface area contributed by atoms with E-state index in [2.05, 4.69) is 46.7 Å². The summed E-state index contributed by atoms with van der Waals surface area (Å²) >= 11 is 0. The molecule has 0 radical (unpaired) electrons. The van der Waals surface area contributed by atoms with Crippen molar-refractivity contribution in [3.05, 3.63) is 29.8 Å². The molecule has 1 amide bonds. The third-order valence-corrected chi connectivity index (χ3v) is 3.74. The zero-order chi connectivity index (χ0) is 18.3. The number of hydrogen-bond donors (Lipinski definition) is 2. The van der Waals surface area contributed by atoms with Gasteiger partial charge in [0.15, 0.2) is 5.96 Å². The fourth-order valence-electron chi connectivity index (χ4n) is 2.72. The molecule has 1 aliphatic heterocycles. The van der Waals surface area contributed by atoms with Crippen LogP contribution in [-0.4, -0.2) is 43.8 Å². The predicted octanol–water partition coefficient (Wildman–Crippen LogP) is 2.93. The van der Waals surface area contributed by atoms with E-state index < -0.39 is 5.60 Å². The molecule has 0 bridgehead atoms. The fourth-order valence-corrected chi connectivity index (χ4v) is 2.72. The predicted molar refractivity (Wildman–Crippen MR) is 102 cm³/mol. The monoisotopic (exact) mass is 346 g/mol. The highest BCUT2D eigenvalue weighted by molar-refractivity contribution is 5.97. The second-order valence-electron chi connectivity index (χ2n) is 7.05. The Bertz CT molecular complexity index is 608. The average molecular weight is 346 g/mol. The van der Waals surface area contributed by atoms with E-state index in [0.29, 0.717) is 13.1 Å². The minimum Gasteiger partial charge on any atom is -0.444 e. The van der Waals surface area contributed by atoms with E-state index in [1.165, 1.54) is 11.3 Å². The Hall–Kier alpha value is -2.24. The molecule has 0 aromatic heterocycles. The maximum Gasteiger partial charge on any atom is 0.407 e. The third kappa shape index (κ3) is 5.96. The van der Waals surface area contributed by atoms with Gasteiger partial charge in [-0.3, -0.25) is 4.99 Å². The molecule has 25 heavy (non-hydrogen) atoms. The number of carbonyl (C=O) groups is 1. The van der Waals surface area contributed by atoms with Crippen molar-refractivity contribution in [2.24, 2.45) is 4.99 Å². The number of benzene rings is 1. The van der Waals surface area contributed by atoms with E-state index in [4.69, 9.17) is 9.73 Å². The molecule has 1 heterocycles. The average Bonchev–Trinajstić information content (AvgIpc) is 2.96. The Balaban J connectivity index is 1.84. The normalized spacial score (nSPS) is 14.2. The standard InChI is InChI=1S/C19H30N4O2/c1-5-20-17(23-14-11-15-9-6-7-10-16(15)23)21-12-8-13-22-18(24)25-19(2,3)4/h6-7,9-10H,5,8,11-14H2,1-4H3,(H,20,21)(H,22,24). The minimum atomic E-state index is -0.469. The Kier molecular flexibility index (Phi) is 6.67. The SMILES string of the molecule is CCNC(=NCCCNC(=O)OC(C)(C)C)N1CCc2ccccc21. The summed E-state index contributed by atoms with van der Waals surface area (Å²) in [5.41, 5.74) is 2.12. The molecule has 1 aromatic carbocycles. The van der Waals surface area contributed by atoms with Crippen LogP contribution < -0.4 is 15.5 Å². The largest absolute Gasteiger partial charge is 0.444 e. The molecule has 2 N–H and O–H groups in total. The second-order valence-corrected chi connectivity index (χ2v) is 7.05. The van der Waals surface area contributed by atoms with E-state index in [1.807, 2.05) is 20.8 Å². The first-order valence-electron chi connectivity index (χ1n) is 9.01. The maximum atomic E-state index is 11.6. The number of anilines is 1. The second kappa shape index (κ2) is 8.74. The van der Waals surface area contributed by atoms with Gasteiger partial charge >= 0.3 is 6.09 Å². The summed E-state index contributed by atoms with van der Waals surface area (Å²) in [7, 11) is 0. The van der Waals surface area contributed by atoms with Gasteiger partial charge in [0.05, 0.1) is 0 Å². The number of rotatable bonds is 5. The topological polar surface area (TPSA) is 66.0 Å². The van der Waals surface area contributed by atoms with E-state index >= 15 is 0 Å². The lowest BCUT2D eigenvalue weighted by Crippen LogP contribution is -2.40. The van der Waals surface area contributed by atoms with Crippen LogP contribution in [0.3, 0.4) is 0 Å². The van der Waals surface area contributed by atoms with Crippen LogP contribution >= 0.6 is 0 Å². The van der Waals surface area contributed by atoms with Gasteiger partial charge in [-0.25, -0.2) is 4.79 Å². The Morgan fingerprint density at radius 3 is 2.76 bits per heavy atom. The molecule has 138 valence electrons. The molecule has 6 nitrogen and oxygen atoms in total. The van der Waals surface area contributed by atoms with Gasteiger partial charge in [0.1, 0.15) is 5.60 Å². The lowest BCUT2D eigenvalue weighted by molar-refractivity contribution is 0.0527. The number of para-hydroxylation sites is 1. The first-order valence-corrected chi connectivity index (χ1v) is 9.01. The van der Waals surface area contributed by atoms with E-state index in [0.717, 1.165) is 31.9 Å². The number of fused-ring (bicyclic) bond motifs is 1. The Morgan fingerprint density at radius 1 is 1.28 bits per heavy atom. The van der Waals surface area contributed by atoms with Crippen molar-refractivity contribution < 1.29 is 9.53 Å². The summed E-state index contributed by atoms with van der Waals surface area (Å²) < 4.78 is 5.22. The zero-order valence-electron chi connectivity index (χ0n) is 15.8. The van der Waals surface area contributed by atoms with Crippen molar-refractivity contribution in [3.63, 3.8) is 0 Å². The van der Waals surface area contributed by atoms with Crippen LogP contribution in [0.15, 0.2) is 29.3 Å². The maximum absolute atomic E-state index is 11.6. The first kappa shape index (κ1) is 19.1. The third-order valence-electron chi connectivity index (χ3n) is 3.74. The van der Waals surface area contributed by atoms with Crippen molar-refractivity contribution in [1.29, 1.82) is 0 Å². The molecule has 6 heteroatoms. The van der Waals surface area contributed by atoms with Gasteiger partial charge in [-0.1, -0.05) is 18.2 Å². The van der Waals surface area contributed by atoms with Crippen molar-refractivity contribution >= 4 is 17.7 Å². The van der Waals surface area contributed by atoms with Crippen LogP contribution in [0.5, 0.6) is 0 Å². The Morgan fingerprint density at radius 2 is 2.04 bits per heavy atom. The number of carbonyl (C=O) groups excluding carboxylic acids is 1. The highest BCUT2D eigenvalue weighted by Gasteiger charge is 2.22. The lowest BCUT2D eigenvalue weighted by atomic mass is 10.2. The summed E-state index contributed by atoms with van der Waals surface area (Å²) in [5.74, 6) is 0.907. The van der Waals surface area contributed by atoms with Gasteiger partial charge in [0.2, 0.25) is 0 Å². The number of nitrogens with zero attached hydrogens (tertiary/aromatic N) is 2. The summed E-state index contributed by atoms with van der Waals surface area (Å²) in [5, 5.41) is 6.13.